The molecule has 94 valence electrons. The predicted molar refractivity (Wildman–Crippen MR) is 73.5 cm³/mol. The maximum atomic E-state index is 5.72. The summed E-state index contributed by atoms with van der Waals surface area (Å²) >= 11 is 1.88. The van der Waals surface area contributed by atoms with Gasteiger partial charge in [0.2, 0.25) is 0 Å². The van der Waals surface area contributed by atoms with Gasteiger partial charge < -0.3 is 10.1 Å². The third-order valence-corrected chi connectivity index (χ3v) is 4.30. The monoisotopic (exact) mass is 251 g/mol. The summed E-state index contributed by atoms with van der Waals surface area (Å²) in [6, 6.07) is 2.55. The molecule has 0 radical (unpaired) electrons. The van der Waals surface area contributed by atoms with Crippen molar-refractivity contribution in [2.24, 2.45) is 0 Å². The van der Waals surface area contributed by atoms with Crippen molar-refractivity contribution in [2.45, 2.75) is 39.7 Å². The fourth-order valence-corrected chi connectivity index (χ4v) is 3.14. The largest absolute Gasteiger partial charge is 0.496 e. The molecule has 1 aromatic heterocycles. The number of aryl methyl sites for hydroxylation is 2. The zero-order valence-corrected chi connectivity index (χ0v) is 11.7. The fraction of sp³-hybridized carbons (Fsp3) is 0.571. The maximum absolute atomic E-state index is 5.72. The lowest BCUT2D eigenvalue weighted by Crippen LogP contribution is -2.23. The van der Waals surface area contributed by atoms with Crippen LogP contribution in [0.4, 0.5) is 0 Å². The SMILES string of the molecule is CCCNC(C1=CCCO1)c1cc(C)c(C)s1. The molecule has 0 saturated carbocycles. The van der Waals surface area contributed by atoms with E-state index in [2.05, 4.69) is 38.2 Å². The fourth-order valence-electron chi connectivity index (χ4n) is 2.01. The summed E-state index contributed by atoms with van der Waals surface area (Å²) in [4.78, 5) is 2.78. The summed E-state index contributed by atoms with van der Waals surface area (Å²) in [5.41, 5.74) is 1.38. The van der Waals surface area contributed by atoms with Gasteiger partial charge in [0.1, 0.15) is 5.76 Å². The van der Waals surface area contributed by atoms with Crippen LogP contribution >= 0.6 is 11.3 Å². The van der Waals surface area contributed by atoms with Crippen LogP contribution in [0.3, 0.4) is 0 Å². The van der Waals surface area contributed by atoms with Crippen LogP contribution in [-0.2, 0) is 4.74 Å². The van der Waals surface area contributed by atoms with Crippen molar-refractivity contribution in [2.75, 3.05) is 13.2 Å². The molecule has 1 unspecified atom stereocenters. The van der Waals surface area contributed by atoms with Gasteiger partial charge in [-0.3, -0.25) is 0 Å². The summed E-state index contributed by atoms with van der Waals surface area (Å²) in [5, 5.41) is 3.59. The third kappa shape index (κ3) is 2.90. The molecular weight excluding hydrogens is 230 g/mol. The third-order valence-electron chi connectivity index (χ3n) is 3.08. The molecule has 2 rings (SSSR count). The molecule has 0 spiro atoms. The number of hydrogen-bond donors (Lipinski definition) is 1. The van der Waals surface area contributed by atoms with E-state index in [1.54, 1.807) is 0 Å². The molecule has 3 heteroatoms. The Hall–Kier alpha value is -0.800. The van der Waals surface area contributed by atoms with Crippen molar-refractivity contribution in [1.29, 1.82) is 0 Å². The van der Waals surface area contributed by atoms with E-state index >= 15 is 0 Å². The molecule has 1 N–H and O–H groups in total. The van der Waals surface area contributed by atoms with Gasteiger partial charge in [0.25, 0.3) is 0 Å². The highest BCUT2D eigenvalue weighted by Gasteiger charge is 2.22. The second kappa shape index (κ2) is 5.69. The highest BCUT2D eigenvalue weighted by atomic mass is 32.1. The first-order valence-electron chi connectivity index (χ1n) is 6.35. The number of ether oxygens (including phenoxy) is 1. The van der Waals surface area contributed by atoms with E-state index in [1.165, 1.54) is 15.3 Å². The number of thiophene rings is 1. The second-order valence-electron chi connectivity index (χ2n) is 4.52. The molecule has 1 atom stereocenters. The topological polar surface area (TPSA) is 21.3 Å². The van der Waals surface area contributed by atoms with Crippen LogP contribution < -0.4 is 5.32 Å². The van der Waals surface area contributed by atoms with Gasteiger partial charge in [0.05, 0.1) is 12.6 Å². The number of hydrogen-bond acceptors (Lipinski definition) is 3. The quantitative estimate of drug-likeness (QED) is 0.861. The average molecular weight is 251 g/mol. The minimum atomic E-state index is 0.259. The standard InChI is InChI=1S/C14H21NOS/c1-4-7-15-14(12-6-5-8-16-12)13-9-10(2)11(3)17-13/h6,9,14-15H,4-5,7-8H2,1-3H3. The number of rotatable bonds is 5. The normalized spacial score (nSPS) is 16.8. The summed E-state index contributed by atoms with van der Waals surface area (Å²) < 4.78 is 5.72. The van der Waals surface area contributed by atoms with Gasteiger partial charge in [-0.25, -0.2) is 0 Å². The van der Waals surface area contributed by atoms with E-state index in [0.717, 1.165) is 31.8 Å². The van der Waals surface area contributed by atoms with Gasteiger partial charge in [-0.2, -0.15) is 0 Å². The Morgan fingerprint density at radius 1 is 1.47 bits per heavy atom. The molecule has 1 aliphatic heterocycles. The van der Waals surface area contributed by atoms with Crippen molar-refractivity contribution < 1.29 is 4.74 Å². The second-order valence-corrected chi connectivity index (χ2v) is 5.81. The molecule has 2 nitrogen and oxygen atoms in total. The van der Waals surface area contributed by atoms with Crippen molar-refractivity contribution in [1.82, 2.24) is 5.32 Å². The van der Waals surface area contributed by atoms with E-state index in [-0.39, 0.29) is 6.04 Å². The Bertz CT molecular complexity index is 389. The molecule has 1 aliphatic rings. The van der Waals surface area contributed by atoms with Gasteiger partial charge in [0, 0.05) is 16.2 Å². The van der Waals surface area contributed by atoms with Crippen LogP contribution in [-0.4, -0.2) is 13.2 Å². The molecule has 0 bridgehead atoms. The van der Waals surface area contributed by atoms with Crippen LogP contribution in [0, 0.1) is 13.8 Å². The molecule has 0 saturated heterocycles. The maximum Gasteiger partial charge on any atom is 0.114 e. The minimum Gasteiger partial charge on any atom is -0.496 e. The van der Waals surface area contributed by atoms with Crippen molar-refractivity contribution >= 4 is 11.3 Å². The first-order valence-corrected chi connectivity index (χ1v) is 7.17. The van der Waals surface area contributed by atoms with E-state index in [1.807, 2.05) is 11.3 Å². The van der Waals surface area contributed by atoms with Crippen molar-refractivity contribution in [3.63, 3.8) is 0 Å². The highest BCUT2D eigenvalue weighted by Crippen LogP contribution is 2.33. The lowest BCUT2D eigenvalue weighted by atomic mass is 10.1. The summed E-state index contributed by atoms with van der Waals surface area (Å²) in [5.74, 6) is 1.11. The lowest BCUT2D eigenvalue weighted by molar-refractivity contribution is 0.216. The highest BCUT2D eigenvalue weighted by molar-refractivity contribution is 7.12. The van der Waals surface area contributed by atoms with Crippen LogP contribution in [0.5, 0.6) is 0 Å². The smallest absolute Gasteiger partial charge is 0.114 e. The predicted octanol–water partition coefficient (Wildman–Crippen LogP) is 3.71. The Balaban J connectivity index is 2.19. The summed E-state index contributed by atoms with van der Waals surface area (Å²) in [6.07, 6.45) is 4.41. The first kappa shape index (κ1) is 12.7. The molecular formula is C14H21NOS. The van der Waals surface area contributed by atoms with E-state index in [0.29, 0.717) is 0 Å². The molecule has 0 amide bonds. The molecule has 1 aromatic rings. The Morgan fingerprint density at radius 2 is 2.29 bits per heavy atom. The Kier molecular flexibility index (Phi) is 4.24. The molecule has 0 aromatic carbocycles. The van der Waals surface area contributed by atoms with Gasteiger partial charge in [-0.05, 0) is 44.5 Å². The summed E-state index contributed by atoms with van der Waals surface area (Å²) in [7, 11) is 0. The minimum absolute atomic E-state index is 0.259. The summed E-state index contributed by atoms with van der Waals surface area (Å²) in [6.45, 7) is 8.42. The van der Waals surface area contributed by atoms with Gasteiger partial charge >= 0.3 is 0 Å². The molecule has 17 heavy (non-hydrogen) atoms. The molecule has 2 heterocycles. The average Bonchev–Trinajstić information content (AvgIpc) is 2.92. The van der Waals surface area contributed by atoms with Crippen LogP contribution in [0.25, 0.3) is 0 Å². The zero-order chi connectivity index (χ0) is 12.3. The van der Waals surface area contributed by atoms with Crippen LogP contribution in [0.2, 0.25) is 0 Å². The van der Waals surface area contributed by atoms with E-state index in [4.69, 9.17) is 4.74 Å². The Labute approximate surface area is 108 Å². The van der Waals surface area contributed by atoms with Gasteiger partial charge in [0.15, 0.2) is 0 Å². The van der Waals surface area contributed by atoms with E-state index in [9.17, 15) is 0 Å². The molecule has 0 fully saturated rings. The van der Waals surface area contributed by atoms with Gasteiger partial charge in [-0.1, -0.05) is 6.92 Å². The zero-order valence-electron chi connectivity index (χ0n) is 10.9. The van der Waals surface area contributed by atoms with Crippen molar-refractivity contribution in [3.05, 3.63) is 33.2 Å². The number of nitrogens with one attached hydrogen (secondary N) is 1. The molecule has 0 aliphatic carbocycles. The first-order chi connectivity index (χ1) is 8.22. The lowest BCUT2D eigenvalue weighted by Gasteiger charge is -2.18. The van der Waals surface area contributed by atoms with Gasteiger partial charge in [-0.15, -0.1) is 11.3 Å². The van der Waals surface area contributed by atoms with Crippen LogP contribution in [0.1, 0.15) is 41.1 Å². The van der Waals surface area contributed by atoms with Crippen LogP contribution in [0.15, 0.2) is 17.9 Å². The van der Waals surface area contributed by atoms with E-state index < -0.39 is 0 Å². The Morgan fingerprint density at radius 3 is 2.82 bits per heavy atom. The van der Waals surface area contributed by atoms with Crippen molar-refractivity contribution in [3.8, 4) is 0 Å².